The van der Waals surface area contributed by atoms with Crippen LogP contribution in [0.2, 0.25) is 0 Å². The Bertz CT molecular complexity index is 531. The number of rotatable bonds is 7. The Kier molecular flexibility index (Phi) is 5.77. The van der Waals surface area contributed by atoms with Crippen molar-refractivity contribution in [1.29, 1.82) is 0 Å². The van der Waals surface area contributed by atoms with Gasteiger partial charge < -0.3 is 14.8 Å². The van der Waals surface area contributed by atoms with Gasteiger partial charge in [0.1, 0.15) is 12.3 Å². The molecule has 0 atom stereocenters. The monoisotopic (exact) mass is 306 g/mol. The molecule has 1 N–H and O–H groups in total. The molecule has 6 heteroatoms. The van der Waals surface area contributed by atoms with Crippen LogP contribution >= 0.6 is 0 Å². The second-order valence-corrected chi connectivity index (χ2v) is 5.36. The Morgan fingerprint density at radius 2 is 2.18 bits per heavy atom. The lowest BCUT2D eigenvalue weighted by Crippen LogP contribution is -2.45. The highest BCUT2D eigenvalue weighted by molar-refractivity contribution is 6.02. The molecule has 0 saturated heterocycles. The number of para-hydroxylation sites is 2. The zero-order valence-corrected chi connectivity index (χ0v) is 13.0. The topological polar surface area (TPSA) is 67.9 Å². The van der Waals surface area contributed by atoms with Gasteiger partial charge >= 0.3 is 0 Å². The van der Waals surface area contributed by atoms with Crippen LogP contribution in [0.15, 0.2) is 24.3 Å². The fourth-order valence-electron chi connectivity index (χ4n) is 2.15. The molecule has 0 fully saturated rings. The van der Waals surface area contributed by atoms with Crippen molar-refractivity contribution in [2.75, 3.05) is 31.2 Å². The number of anilines is 1. The van der Waals surface area contributed by atoms with Gasteiger partial charge in [0.05, 0.1) is 11.8 Å². The average Bonchev–Trinajstić information content (AvgIpc) is 2.49. The Morgan fingerprint density at radius 3 is 2.95 bits per heavy atom. The number of amides is 2. The number of carbonyl (C=O) groups is 2. The predicted molar refractivity (Wildman–Crippen MR) is 83.0 cm³/mol. The first-order valence-corrected chi connectivity index (χ1v) is 7.48. The highest BCUT2D eigenvalue weighted by Crippen LogP contribution is 2.30. The van der Waals surface area contributed by atoms with E-state index in [1.807, 2.05) is 26.0 Å². The minimum absolute atomic E-state index is 0.00421. The molecule has 0 radical (unpaired) electrons. The normalized spacial score (nSPS) is 13.8. The Hall–Kier alpha value is -2.08. The fraction of sp³-hybridized carbons (Fsp3) is 0.500. The van der Waals surface area contributed by atoms with E-state index in [9.17, 15) is 9.59 Å². The maximum absolute atomic E-state index is 12.0. The second-order valence-electron chi connectivity index (χ2n) is 5.36. The van der Waals surface area contributed by atoms with Gasteiger partial charge in [-0.2, -0.15) is 0 Å². The molecule has 2 amide bonds. The van der Waals surface area contributed by atoms with Crippen molar-refractivity contribution in [2.45, 2.75) is 26.4 Å². The SMILES string of the molecule is CC(C)OCCCNC(=O)CN1C(=O)COc2ccccc21. The molecule has 0 spiro atoms. The summed E-state index contributed by atoms with van der Waals surface area (Å²) in [5.41, 5.74) is 0.636. The third-order valence-corrected chi connectivity index (χ3v) is 3.20. The summed E-state index contributed by atoms with van der Waals surface area (Å²) in [6, 6.07) is 7.21. The molecule has 1 aliphatic rings. The van der Waals surface area contributed by atoms with Crippen LogP contribution < -0.4 is 15.0 Å². The molecule has 0 saturated carbocycles. The van der Waals surface area contributed by atoms with Gasteiger partial charge in [0.15, 0.2) is 6.61 Å². The summed E-state index contributed by atoms with van der Waals surface area (Å²) in [7, 11) is 0. The highest BCUT2D eigenvalue weighted by Gasteiger charge is 2.26. The molecular formula is C16H22N2O4. The minimum Gasteiger partial charge on any atom is -0.482 e. The van der Waals surface area contributed by atoms with Crippen molar-refractivity contribution >= 4 is 17.5 Å². The Morgan fingerprint density at radius 1 is 1.41 bits per heavy atom. The van der Waals surface area contributed by atoms with E-state index < -0.39 is 0 Å². The van der Waals surface area contributed by atoms with Gasteiger partial charge in [-0.3, -0.25) is 14.5 Å². The van der Waals surface area contributed by atoms with Crippen LogP contribution in [0.3, 0.4) is 0 Å². The molecule has 6 nitrogen and oxygen atoms in total. The Balaban J connectivity index is 1.82. The molecule has 1 heterocycles. The first kappa shape index (κ1) is 16.3. The summed E-state index contributed by atoms with van der Waals surface area (Å²) in [4.78, 5) is 25.4. The van der Waals surface area contributed by atoms with Gasteiger partial charge in [-0.25, -0.2) is 0 Å². The number of hydrogen-bond acceptors (Lipinski definition) is 4. The standard InChI is InChI=1S/C16H22N2O4/c1-12(2)21-9-5-8-17-15(19)10-18-13-6-3-4-7-14(13)22-11-16(18)20/h3-4,6-7,12H,5,8-11H2,1-2H3,(H,17,19). The van der Waals surface area contributed by atoms with Crippen LogP contribution in [0, 0.1) is 0 Å². The summed E-state index contributed by atoms with van der Waals surface area (Å²) in [5, 5.41) is 2.80. The number of nitrogens with one attached hydrogen (secondary N) is 1. The smallest absolute Gasteiger partial charge is 0.265 e. The van der Waals surface area contributed by atoms with E-state index in [1.165, 1.54) is 4.90 Å². The van der Waals surface area contributed by atoms with Crippen molar-refractivity contribution < 1.29 is 19.1 Å². The zero-order chi connectivity index (χ0) is 15.9. The first-order valence-electron chi connectivity index (χ1n) is 7.48. The zero-order valence-electron chi connectivity index (χ0n) is 13.0. The summed E-state index contributed by atoms with van der Waals surface area (Å²) < 4.78 is 10.7. The van der Waals surface area contributed by atoms with Gasteiger partial charge in [0.2, 0.25) is 5.91 Å². The number of benzene rings is 1. The molecule has 0 aliphatic carbocycles. The highest BCUT2D eigenvalue weighted by atomic mass is 16.5. The maximum atomic E-state index is 12.0. The molecule has 120 valence electrons. The quantitative estimate of drug-likeness (QED) is 0.772. The van der Waals surface area contributed by atoms with Gasteiger partial charge in [-0.15, -0.1) is 0 Å². The van der Waals surface area contributed by atoms with Crippen LogP contribution in [0.4, 0.5) is 5.69 Å². The van der Waals surface area contributed by atoms with Crippen molar-refractivity contribution in [3.8, 4) is 5.75 Å². The molecule has 0 bridgehead atoms. The van der Waals surface area contributed by atoms with E-state index in [2.05, 4.69) is 5.32 Å². The summed E-state index contributed by atoms with van der Waals surface area (Å²) in [6.45, 7) is 5.06. The summed E-state index contributed by atoms with van der Waals surface area (Å²) in [5.74, 6) is 0.229. The van der Waals surface area contributed by atoms with E-state index >= 15 is 0 Å². The fourth-order valence-corrected chi connectivity index (χ4v) is 2.15. The lowest BCUT2D eigenvalue weighted by molar-refractivity contribution is -0.125. The molecule has 2 rings (SSSR count). The van der Waals surface area contributed by atoms with Crippen molar-refractivity contribution in [3.05, 3.63) is 24.3 Å². The molecule has 0 unspecified atom stereocenters. The van der Waals surface area contributed by atoms with E-state index in [0.29, 0.717) is 24.6 Å². The predicted octanol–water partition coefficient (Wildman–Crippen LogP) is 1.34. The third kappa shape index (κ3) is 4.46. The lowest BCUT2D eigenvalue weighted by Gasteiger charge is -2.28. The maximum Gasteiger partial charge on any atom is 0.265 e. The average molecular weight is 306 g/mol. The number of fused-ring (bicyclic) bond motifs is 1. The van der Waals surface area contributed by atoms with Crippen LogP contribution in [0.5, 0.6) is 5.75 Å². The van der Waals surface area contributed by atoms with Gasteiger partial charge in [-0.05, 0) is 32.4 Å². The van der Waals surface area contributed by atoms with Gasteiger partial charge in [-0.1, -0.05) is 12.1 Å². The van der Waals surface area contributed by atoms with Crippen LogP contribution in [0.25, 0.3) is 0 Å². The number of ether oxygens (including phenoxy) is 2. The van der Waals surface area contributed by atoms with E-state index in [-0.39, 0.29) is 31.1 Å². The minimum atomic E-state index is -0.211. The first-order chi connectivity index (χ1) is 10.6. The second kappa shape index (κ2) is 7.79. The van der Waals surface area contributed by atoms with Crippen molar-refractivity contribution in [2.24, 2.45) is 0 Å². The van der Waals surface area contributed by atoms with E-state index in [0.717, 1.165) is 6.42 Å². The number of nitrogens with zero attached hydrogens (tertiary/aromatic N) is 1. The summed E-state index contributed by atoms with van der Waals surface area (Å²) >= 11 is 0. The van der Waals surface area contributed by atoms with Crippen molar-refractivity contribution in [1.82, 2.24) is 5.32 Å². The molecular weight excluding hydrogens is 284 g/mol. The largest absolute Gasteiger partial charge is 0.482 e. The Labute approximate surface area is 130 Å². The van der Waals surface area contributed by atoms with E-state index in [4.69, 9.17) is 9.47 Å². The third-order valence-electron chi connectivity index (χ3n) is 3.20. The van der Waals surface area contributed by atoms with Crippen LogP contribution in [-0.4, -0.2) is 44.2 Å². The van der Waals surface area contributed by atoms with Crippen LogP contribution in [0.1, 0.15) is 20.3 Å². The number of hydrogen-bond donors (Lipinski definition) is 1. The molecule has 1 aromatic carbocycles. The molecule has 0 aromatic heterocycles. The van der Waals surface area contributed by atoms with Gasteiger partial charge in [0, 0.05) is 13.2 Å². The molecule has 22 heavy (non-hydrogen) atoms. The summed E-state index contributed by atoms with van der Waals surface area (Å²) in [6.07, 6.45) is 0.940. The van der Waals surface area contributed by atoms with Crippen LogP contribution in [-0.2, 0) is 14.3 Å². The van der Waals surface area contributed by atoms with E-state index in [1.54, 1.807) is 12.1 Å². The van der Waals surface area contributed by atoms with Crippen molar-refractivity contribution in [3.63, 3.8) is 0 Å². The van der Waals surface area contributed by atoms with Gasteiger partial charge in [0.25, 0.3) is 5.91 Å². The molecule has 1 aliphatic heterocycles. The number of carbonyl (C=O) groups excluding carboxylic acids is 2. The lowest BCUT2D eigenvalue weighted by atomic mass is 10.2. The molecule has 1 aromatic rings.